The van der Waals surface area contributed by atoms with E-state index in [2.05, 4.69) is 4.98 Å². The van der Waals surface area contributed by atoms with Crippen LogP contribution in [0.25, 0.3) is 12.2 Å². The summed E-state index contributed by atoms with van der Waals surface area (Å²) < 4.78 is 16.9. The molecule has 1 N–H and O–H groups in total. The van der Waals surface area contributed by atoms with Crippen LogP contribution < -0.4 is 29.0 Å². The minimum atomic E-state index is -0.503. The lowest BCUT2D eigenvalue weighted by atomic mass is 9.91. The van der Waals surface area contributed by atoms with E-state index in [9.17, 15) is 9.59 Å². The number of thiazole rings is 1. The monoisotopic (exact) mass is 377 g/mol. The lowest BCUT2D eigenvalue weighted by Crippen LogP contribution is -2.22. The van der Waals surface area contributed by atoms with E-state index in [0.717, 1.165) is 0 Å². The highest BCUT2D eigenvalue weighted by Crippen LogP contribution is 2.34. The quantitative estimate of drug-likeness (QED) is 0.858. The number of rotatable bonds is 5. The largest absolute Gasteiger partial charge is 0.496 e. The third kappa shape index (κ3) is 4.35. The molecule has 0 fully saturated rings. The molecule has 0 aliphatic rings. The first kappa shape index (κ1) is 19.8. The molecule has 0 atom stereocenters. The third-order valence-electron chi connectivity index (χ3n) is 3.70. The van der Waals surface area contributed by atoms with Crippen LogP contribution in [0, 0.1) is 5.41 Å². The zero-order valence-electron chi connectivity index (χ0n) is 15.8. The van der Waals surface area contributed by atoms with Crippen molar-refractivity contribution in [2.75, 3.05) is 21.3 Å². The van der Waals surface area contributed by atoms with Gasteiger partial charge in [0.1, 0.15) is 5.75 Å². The maximum Gasteiger partial charge on any atom is 0.266 e. The van der Waals surface area contributed by atoms with Gasteiger partial charge in [-0.15, -0.1) is 11.3 Å². The van der Waals surface area contributed by atoms with Gasteiger partial charge in [-0.2, -0.15) is 0 Å². The number of Topliss-reactive ketones (excluding diaryl/α,β-unsaturated/α-hetero) is 1. The van der Waals surface area contributed by atoms with Crippen LogP contribution in [0.5, 0.6) is 17.2 Å². The molecule has 2 aromatic rings. The summed E-state index contributed by atoms with van der Waals surface area (Å²) in [6.07, 6.45) is 3.17. The van der Waals surface area contributed by atoms with Gasteiger partial charge in [0, 0.05) is 23.1 Å². The fourth-order valence-corrected chi connectivity index (χ4v) is 3.04. The molecule has 0 aliphatic heterocycles. The molecule has 0 amide bonds. The Morgan fingerprint density at radius 3 is 2.15 bits per heavy atom. The van der Waals surface area contributed by atoms with Gasteiger partial charge in [-0.25, -0.2) is 0 Å². The first-order valence-electron chi connectivity index (χ1n) is 7.96. The minimum Gasteiger partial charge on any atom is -0.496 e. The Bertz CT molecular complexity index is 979. The van der Waals surface area contributed by atoms with Gasteiger partial charge in [-0.1, -0.05) is 20.8 Å². The van der Waals surface area contributed by atoms with Crippen molar-refractivity contribution in [3.63, 3.8) is 0 Å². The van der Waals surface area contributed by atoms with Crippen molar-refractivity contribution in [2.24, 2.45) is 5.41 Å². The summed E-state index contributed by atoms with van der Waals surface area (Å²) >= 11 is 1.21. The molecule has 0 spiro atoms. The van der Waals surface area contributed by atoms with Crippen LogP contribution in [-0.4, -0.2) is 32.1 Å². The number of H-pyrrole nitrogens is 1. The van der Waals surface area contributed by atoms with Gasteiger partial charge < -0.3 is 19.2 Å². The number of aromatic nitrogens is 1. The number of ether oxygens (including phenoxy) is 3. The molecule has 1 aromatic heterocycles. The number of benzene rings is 1. The Morgan fingerprint density at radius 1 is 1.04 bits per heavy atom. The maximum absolute atomic E-state index is 12.2. The van der Waals surface area contributed by atoms with Crippen molar-refractivity contribution in [1.82, 2.24) is 4.98 Å². The fourth-order valence-electron chi connectivity index (χ4n) is 2.17. The van der Waals surface area contributed by atoms with E-state index in [1.807, 2.05) is 20.8 Å². The SMILES string of the molecule is COc1cc(OC)c(OC)cc1C=c1sc(=CC(=O)C(C)(C)C)[nH]c1=O. The molecule has 7 heteroatoms. The summed E-state index contributed by atoms with van der Waals surface area (Å²) in [6, 6.07) is 3.43. The molecule has 1 heterocycles. The van der Waals surface area contributed by atoms with Crippen LogP contribution in [0.3, 0.4) is 0 Å². The molecular formula is C19H23NO5S. The standard InChI is InChI=1S/C19H23NO5S/c1-19(2,3)16(21)10-17-20-18(22)15(26-17)8-11-7-13(24-5)14(25-6)9-12(11)23-4/h7-10H,1-6H3,(H,20,22). The molecule has 0 aliphatic carbocycles. The summed E-state index contributed by atoms with van der Waals surface area (Å²) in [5, 5.41) is 0. The number of hydrogen-bond acceptors (Lipinski definition) is 6. The lowest BCUT2D eigenvalue weighted by Gasteiger charge is -2.12. The molecule has 26 heavy (non-hydrogen) atoms. The number of methoxy groups -OCH3 is 3. The van der Waals surface area contributed by atoms with Gasteiger partial charge in [0.25, 0.3) is 5.56 Å². The van der Waals surface area contributed by atoms with Crippen LogP contribution in [0.1, 0.15) is 26.3 Å². The Labute approximate surface area is 155 Å². The van der Waals surface area contributed by atoms with Crippen molar-refractivity contribution in [2.45, 2.75) is 20.8 Å². The summed E-state index contributed by atoms with van der Waals surface area (Å²) in [7, 11) is 4.62. The van der Waals surface area contributed by atoms with Gasteiger partial charge >= 0.3 is 0 Å². The van der Waals surface area contributed by atoms with E-state index in [-0.39, 0.29) is 11.3 Å². The minimum absolute atomic E-state index is 0.0507. The van der Waals surface area contributed by atoms with E-state index < -0.39 is 5.41 Å². The van der Waals surface area contributed by atoms with Crippen molar-refractivity contribution in [3.05, 3.63) is 37.2 Å². The van der Waals surface area contributed by atoms with Gasteiger partial charge in [0.05, 0.1) is 30.5 Å². The molecule has 1 aromatic carbocycles. The molecule has 0 radical (unpaired) electrons. The van der Waals surface area contributed by atoms with E-state index in [1.54, 1.807) is 32.4 Å². The Hall–Kier alpha value is -2.54. The fraction of sp³-hybridized carbons (Fsp3) is 0.368. The second-order valence-corrected chi connectivity index (χ2v) is 7.72. The number of carbonyl (C=O) groups is 1. The number of carbonyl (C=O) groups excluding carboxylic acids is 1. The van der Waals surface area contributed by atoms with Gasteiger partial charge in [-0.05, 0) is 12.1 Å². The average molecular weight is 377 g/mol. The lowest BCUT2D eigenvalue weighted by molar-refractivity contribution is -0.119. The molecule has 0 bridgehead atoms. The predicted octanol–water partition coefficient (Wildman–Crippen LogP) is 1.69. The Morgan fingerprint density at radius 2 is 1.62 bits per heavy atom. The maximum atomic E-state index is 12.2. The van der Waals surface area contributed by atoms with Crippen LogP contribution in [0.4, 0.5) is 0 Å². The second-order valence-electron chi connectivity index (χ2n) is 6.64. The highest BCUT2D eigenvalue weighted by atomic mass is 32.1. The second kappa shape index (κ2) is 7.78. The normalized spacial score (nSPS) is 13.0. The Balaban J connectivity index is 2.60. The molecule has 0 saturated carbocycles. The van der Waals surface area contributed by atoms with Gasteiger partial charge in [0.15, 0.2) is 17.3 Å². The van der Waals surface area contributed by atoms with Crippen LogP contribution in [0.15, 0.2) is 16.9 Å². The van der Waals surface area contributed by atoms with Crippen LogP contribution in [0.2, 0.25) is 0 Å². The van der Waals surface area contributed by atoms with E-state index in [1.165, 1.54) is 24.5 Å². The summed E-state index contributed by atoms with van der Waals surface area (Å²) in [6.45, 7) is 5.50. The number of aromatic amines is 1. The predicted molar refractivity (Wildman–Crippen MR) is 103 cm³/mol. The summed E-state index contributed by atoms with van der Waals surface area (Å²) in [5.41, 5.74) is -0.0943. The molecule has 0 unspecified atom stereocenters. The van der Waals surface area contributed by atoms with Crippen molar-refractivity contribution >= 4 is 29.3 Å². The zero-order chi connectivity index (χ0) is 19.5. The zero-order valence-corrected chi connectivity index (χ0v) is 16.6. The van der Waals surface area contributed by atoms with Gasteiger partial charge in [0.2, 0.25) is 0 Å². The molecule has 2 rings (SSSR count). The van der Waals surface area contributed by atoms with E-state index >= 15 is 0 Å². The third-order valence-corrected chi connectivity index (χ3v) is 4.67. The number of ketones is 1. The first-order chi connectivity index (χ1) is 12.2. The molecule has 0 saturated heterocycles. The molecule has 140 valence electrons. The summed E-state index contributed by atoms with van der Waals surface area (Å²) in [4.78, 5) is 27.1. The number of nitrogens with one attached hydrogen (secondary N) is 1. The van der Waals surface area contributed by atoms with Gasteiger partial charge in [-0.3, -0.25) is 9.59 Å². The van der Waals surface area contributed by atoms with Crippen molar-refractivity contribution < 1.29 is 19.0 Å². The smallest absolute Gasteiger partial charge is 0.266 e. The van der Waals surface area contributed by atoms with Crippen LogP contribution >= 0.6 is 11.3 Å². The Kier molecular flexibility index (Phi) is 5.92. The van der Waals surface area contributed by atoms with E-state index in [0.29, 0.717) is 32.0 Å². The van der Waals surface area contributed by atoms with Crippen molar-refractivity contribution in [3.8, 4) is 17.2 Å². The first-order valence-corrected chi connectivity index (χ1v) is 8.78. The average Bonchev–Trinajstić information content (AvgIpc) is 2.92. The van der Waals surface area contributed by atoms with Crippen molar-refractivity contribution in [1.29, 1.82) is 0 Å². The van der Waals surface area contributed by atoms with Crippen LogP contribution in [-0.2, 0) is 4.79 Å². The highest BCUT2D eigenvalue weighted by Gasteiger charge is 2.18. The summed E-state index contributed by atoms with van der Waals surface area (Å²) in [5.74, 6) is 1.56. The topological polar surface area (TPSA) is 77.6 Å². The van der Waals surface area contributed by atoms with E-state index in [4.69, 9.17) is 14.2 Å². The highest BCUT2D eigenvalue weighted by molar-refractivity contribution is 7.07. The molecule has 6 nitrogen and oxygen atoms in total. The number of hydrogen-bond donors (Lipinski definition) is 1. The molecular weight excluding hydrogens is 354 g/mol.